The van der Waals surface area contributed by atoms with E-state index in [-0.39, 0.29) is 19.1 Å². The monoisotopic (exact) mass is 240 g/mol. The van der Waals surface area contributed by atoms with Gasteiger partial charge in [-0.1, -0.05) is 12.1 Å². The third kappa shape index (κ3) is 4.63. The van der Waals surface area contributed by atoms with Gasteiger partial charge in [0.25, 0.3) is 0 Å². The number of benzene rings is 1. The molecule has 0 aliphatic heterocycles. The number of para-hydroxylation sites is 2. The zero-order chi connectivity index (χ0) is 12.5. The molecule has 4 heteroatoms. The van der Waals surface area contributed by atoms with Crippen molar-refractivity contribution in [2.45, 2.75) is 13.3 Å². The Balaban J connectivity index is 2.45. The molecule has 0 aliphatic rings. The van der Waals surface area contributed by atoms with Crippen LogP contribution in [0.5, 0.6) is 11.5 Å². The van der Waals surface area contributed by atoms with Gasteiger partial charge in [0.1, 0.15) is 0 Å². The smallest absolute Gasteiger partial charge is 0.161 e. The van der Waals surface area contributed by atoms with Crippen molar-refractivity contribution in [3.63, 3.8) is 0 Å². The van der Waals surface area contributed by atoms with Gasteiger partial charge in [0, 0.05) is 19.1 Å². The quantitative estimate of drug-likeness (QED) is 0.722. The highest BCUT2D eigenvalue weighted by atomic mass is 16.5. The van der Waals surface area contributed by atoms with E-state index in [4.69, 9.17) is 19.7 Å². The summed E-state index contributed by atoms with van der Waals surface area (Å²) >= 11 is 0. The first-order valence-corrected chi connectivity index (χ1v) is 5.88. The summed E-state index contributed by atoms with van der Waals surface area (Å²) in [6.07, 6.45) is 0.619. The molecule has 0 heterocycles. The van der Waals surface area contributed by atoms with Crippen LogP contribution in [0.15, 0.2) is 24.3 Å². The van der Waals surface area contributed by atoms with E-state index < -0.39 is 0 Å². The van der Waals surface area contributed by atoms with Crippen LogP contribution in [0, 0.1) is 5.92 Å². The van der Waals surface area contributed by atoms with Crippen molar-refractivity contribution in [2.75, 3.05) is 26.4 Å². The first kappa shape index (κ1) is 13.8. The number of hydrogen-bond acceptors (Lipinski definition) is 4. The molecule has 0 fully saturated rings. The Morgan fingerprint density at radius 3 is 2.18 bits per heavy atom. The lowest BCUT2D eigenvalue weighted by molar-refractivity contribution is 0.127. The van der Waals surface area contributed by atoms with Crippen molar-refractivity contribution in [3.8, 4) is 11.5 Å². The van der Waals surface area contributed by atoms with Crippen LogP contribution in [0.25, 0.3) is 0 Å². The highest BCUT2D eigenvalue weighted by Gasteiger charge is 2.07. The van der Waals surface area contributed by atoms with Crippen LogP contribution in [0.4, 0.5) is 0 Å². The highest BCUT2D eigenvalue weighted by molar-refractivity contribution is 5.39. The van der Waals surface area contributed by atoms with E-state index in [1.54, 1.807) is 0 Å². The van der Waals surface area contributed by atoms with E-state index in [9.17, 15) is 0 Å². The average Bonchev–Trinajstić information content (AvgIpc) is 2.37. The van der Waals surface area contributed by atoms with Crippen LogP contribution in [0.3, 0.4) is 0 Å². The standard InChI is InChI=1S/C13H20O4/c1-2-16-12-5-3-4-6-13(12)17-8-7-11(9-14)10-15/h3-6,11,14-15H,2,7-10H2,1H3. The zero-order valence-corrected chi connectivity index (χ0v) is 10.1. The fourth-order valence-electron chi connectivity index (χ4n) is 1.42. The van der Waals surface area contributed by atoms with E-state index in [0.717, 1.165) is 5.75 Å². The third-order valence-electron chi connectivity index (χ3n) is 2.45. The van der Waals surface area contributed by atoms with Gasteiger partial charge in [-0.05, 0) is 25.5 Å². The molecule has 2 N–H and O–H groups in total. The minimum atomic E-state index is -0.116. The Morgan fingerprint density at radius 1 is 1.06 bits per heavy atom. The second kappa shape index (κ2) is 7.92. The maximum absolute atomic E-state index is 8.92. The zero-order valence-electron chi connectivity index (χ0n) is 10.1. The van der Waals surface area contributed by atoms with E-state index in [1.165, 1.54) is 0 Å². The molecule has 0 bridgehead atoms. The number of hydrogen-bond donors (Lipinski definition) is 2. The fourth-order valence-corrected chi connectivity index (χ4v) is 1.42. The minimum Gasteiger partial charge on any atom is -0.490 e. The van der Waals surface area contributed by atoms with Crippen molar-refractivity contribution in [1.29, 1.82) is 0 Å². The summed E-state index contributed by atoms with van der Waals surface area (Å²) in [6.45, 7) is 2.93. The molecule has 0 aromatic heterocycles. The molecule has 0 saturated carbocycles. The topological polar surface area (TPSA) is 58.9 Å². The Morgan fingerprint density at radius 2 is 1.65 bits per heavy atom. The normalized spacial score (nSPS) is 10.6. The lowest BCUT2D eigenvalue weighted by Crippen LogP contribution is -2.15. The predicted octanol–water partition coefficient (Wildman–Crippen LogP) is 1.45. The van der Waals surface area contributed by atoms with Gasteiger partial charge in [-0.15, -0.1) is 0 Å². The Kier molecular flexibility index (Phi) is 6.43. The second-order valence-electron chi connectivity index (χ2n) is 3.75. The van der Waals surface area contributed by atoms with Crippen molar-refractivity contribution < 1.29 is 19.7 Å². The van der Waals surface area contributed by atoms with Gasteiger partial charge in [-0.2, -0.15) is 0 Å². The largest absolute Gasteiger partial charge is 0.490 e. The van der Waals surface area contributed by atoms with Crippen LogP contribution in [-0.4, -0.2) is 36.6 Å². The van der Waals surface area contributed by atoms with E-state index in [1.807, 2.05) is 31.2 Å². The Labute approximate surface area is 102 Å². The Hall–Kier alpha value is -1.26. The molecule has 0 saturated heterocycles. The molecule has 0 unspecified atom stereocenters. The van der Waals surface area contributed by atoms with Gasteiger partial charge in [0.2, 0.25) is 0 Å². The molecule has 1 aromatic rings. The number of aliphatic hydroxyl groups excluding tert-OH is 2. The molecule has 0 spiro atoms. The highest BCUT2D eigenvalue weighted by Crippen LogP contribution is 2.26. The molecule has 0 amide bonds. The van der Waals surface area contributed by atoms with Crippen molar-refractivity contribution in [2.24, 2.45) is 5.92 Å². The maximum atomic E-state index is 8.92. The predicted molar refractivity (Wildman–Crippen MR) is 65.4 cm³/mol. The van der Waals surface area contributed by atoms with E-state index in [2.05, 4.69) is 0 Å². The molecule has 0 atom stereocenters. The van der Waals surface area contributed by atoms with Crippen molar-refractivity contribution >= 4 is 0 Å². The maximum Gasteiger partial charge on any atom is 0.161 e. The molecular weight excluding hydrogens is 220 g/mol. The van der Waals surface area contributed by atoms with Crippen molar-refractivity contribution in [3.05, 3.63) is 24.3 Å². The van der Waals surface area contributed by atoms with Crippen LogP contribution in [0.2, 0.25) is 0 Å². The van der Waals surface area contributed by atoms with Gasteiger partial charge >= 0.3 is 0 Å². The fraction of sp³-hybridized carbons (Fsp3) is 0.538. The van der Waals surface area contributed by atoms with E-state index in [0.29, 0.717) is 25.4 Å². The SMILES string of the molecule is CCOc1ccccc1OCCC(CO)CO. The van der Waals surface area contributed by atoms with Gasteiger partial charge in [-0.25, -0.2) is 0 Å². The minimum absolute atomic E-state index is 0.0209. The Bertz CT molecular complexity index is 310. The molecular formula is C13H20O4. The summed E-state index contributed by atoms with van der Waals surface area (Å²) in [7, 11) is 0. The number of ether oxygens (including phenoxy) is 2. The molecule has 17 heavy (non-hydrogen) atoms. The second-order valence-corrected chi connectivity index (χ2v) is 3.75. The molecule has 1 aromatic carbocycles. The van der Waals surface area contributed by atoms with Crippen molar-refractivity contribution in [1.82, 2.24) is 0 Å². The van der Waals surface area contributed by atoms with Crippen LogP contribution >= 0.6 is 0 Å². The number of aliphatic hydroxyl groups is 2. The summed E-state index contributed by atoms with van der Waals surface area (Å²) < 4.78 is 11.0. The average molecular weight is 240 g/mol. The lowest BCUT2D eigenvalue weighted by atomic mass is 10.1. The van der Waals surface area contributed by atoms with Gasteiger partial charge in [-0.3, -0.25) is 0 Å². The van der Waals surface area contributed by atoms with Gasteiger partial charge in [0.15, 0.2) is 11.5 Å². The third-order valence-corrected chi connectivity index (χ3v) is 2.45. The van der Waals surface area contributed by atoms with Crippen LogP contribution in [0.1, 0.15) is 13.3 Å². The molecule has 0 radical (unpaired) electrons. The first-order chi connectivity index (χ1) is 8.31. The van der Waals surface area contributed by atoms with Crippen LogP contribution < -0.4 is 9.47 Å². The van der Waals surface area contributed by atoms with E-state index >= 15 is 0 Å². The summed E-state index contributed by atoms with van der Waals surface area (Å²) in [5.41, 5.74) is 0. The van der Waals surface area contributed by atoms with Gasteiger partial charge in [0.05, 0.1) is 13.2 Å². The molecule has 96 valence electrons. The summed E-state index contributed by atoms with van der Waals surface area (Å²) in [6, 6.07) is 7.47. The first-order valence-electron chi connectivity index (χ1n) is 5.88. The molecule has 0 aliphatic carbocycles. The summed E-state index contributed by atoms with van der Waals surface area (Å²) in [4.78, 5) is 0. The van der Waals surface area contributed by atoms with Crippen LogP contribution in [-0.2, 0) is 0 Å². The number of rotatable bonds is 8. The lowest BCUT2D eigenvalue weighted by Gasteiger charge is -2.14. The summed E-state index contributed by atoms with van der Waals surface area (Å²) in [5.74, 6) is 1.30. The summed E-state index contributed by atoms with van der Waals surface area (Å²) in [5, 5.41) is 17.8. The molecule has 4 nitrogen and oxygen atoms in total. The van der Waals surface area contributed by atoms with Gasteiger partial charge < -0.3 is 19.7 Å². The molecule has 1 rings (SSSR count).